The fraction of sp³-hybridized carbons (Fsp3) is 0.389. The van der Waals surface area contributed by atoms with E-state index < -0.39 is 0 Å². The average molecular weight is 393 g/mol. The number of amides is 1. The molecule has 2 aromatic heterocycles. The Labute approximate surface area is 162 Å². The molecule has 144 valence electrons. The third-order valence-corrected chi connectivity index (χ3v) is 4.63. The standard InChI is InChI=1S/C18H21FN6O.ClH/c19-12-3-4-14-16(10-12)23-17(22-14)5-8-21-18(26)15-6-9-25(24-15)13-2-1-7-20-11-13;/h3-4,6,9-10,13,20H,1-2,5,7-8,11H2,(H,21,26)(H,22,23);1H. The Morgan fingerprint density at radius 2 is 2.26 bits per heavy atom. The van der Waals surface area contributed by atoms with E-state index in [-0.39, 0.29) is 24.1 Å². The molecule has 3 aromatic rings. The number of nitrogens with zero attached hydrogens (tertiary/aromatic N) is 3. The lowest BCUT2D eigenvalue weighted by molar-refractivity contribution is 0.0947. The molecule has 1 unspecified atom stereocenters. The van der Waals surface area contributed by atoms with E-state index >= 15 is 0 Å². The third kappa shape index (κ3) is 4.45. The van der Waals surface area contributed by atoms with Crippen LogP contribution >= 0.6 is 12.4 Å². The van der Waals surface area contributed by atoms with Gasteiger partial charge in [-0.3, -0.25) is 9.48 Å². The van der Waals surface area contributed by atoms with Crippen LogP contribution in [0.1, 0.15) is 35.2 Å². The van der Waals surface area contributed by atoms with Gasteiger partial charge in [0.05, 0.1) is 17.1 Å². The van der Waals surface area contributed by atoms with Gasteiger partial charge in [0.15, 0.2) is 0 Å². The number of imidazole rings is 1. The highest BCUT2D eigenvalue weighted by Crippen LogP contribution is 2.16. The summed E-state index contributed by atoms with van der Waals surface area (Å²) in [6, 6.07) is 6.48. The van der Waals surface area contributed by atoms with Crippen molar-refractivity contribution >= 4 is 29.3 Å². The van der Waals surface area contributed by atoms with Gasteiger partial charge in [-0.15, -0.1) is 12.4 Å². The normalized spacial score (nSPS) is 16.9. The molecule has 7 nitrogen and oxygen atoms in total. The van der Waals surface area contributed by atoms with Crippen LogP contribution in [0.2, 0.25) is 0 Å². The number of nitrogens with one attached hydrogen (secondary N) is 3. The smallest absolute Gasteiger partial charge is 0.271 e. The molecule has 1 aliphatic rings. The van der Waals surface area contributed by atoms with Gasteiger partial charge in [0, 0.05) is 25.7 Å². The number of carbonyl (C=O) groups excluding carboxylic acids is 1. The molecule has 3 heterocycles. The van der Waals surface area contributed by atoms with E-state index in [0.717, 1.165) is 25.9 Å². The van der Waals surface area contributed by atoms with Gasteiger partial charge in [-0.2, -0.15) is 5.10 Å². The van der Waals surface area contributed by atoms with Crippen LogP contribution in [0, 0.1) is 5.82 Å². The lowest BCUT2D eigenvalue weighted by Crippen LogP contribution is -2.32. The monoisotopic (exact) mass is 392 g/mol. The van der Waals surface area contributed by atoms with Crippen molar-refractivity contribution in [1.82, 2.24) is 30.4 Å². The molecular weight excluding hydrogens is 371 g/mol. The summed E-state index contributed by atoms with van der Waals surface area (Å²) in [6.45, 7) is 2.36. The molecule has 1 saturated heterocycles. The maximum Gasteiger partial charge on any atom is 0.271 e. The summed E-state index contributed by atoms with van der Waals surface area (Å²) in [7, 11) is 0. The summed E-state index contributed by atoms with van der Waals surface area (Å²) in [5.74, 6) is 0.212. The Bertz CT molecular complexity index is 918. The number of hydrogen-bond acceptors (Lipinski definition) is 4. The van der Waals surface area contributed by atoms with Crippen LogP contribution in [-0.2, 0) is 6.42 Å². The van der Waals surface area contributed by atoms with Crippen LogP contribution in [0.4, 0.5) is 4.39 Å². The first-order valence-corrected chi connectivity index (χ1v) is 8.87. The molecule has 0 spiro atoms. The first-order valence-electron chi connectivity index (χ1n) is 8.87. The lowest BCUT2D eigenvalue weighted by Gasteiger charge is -2.22. The van der Waals surface area contributed by atoms with E-state index in [1.807, 2.05) is 10.9 Å². The number of rotatable bonds is 5. The van der Waals surface area contributed by atoms with Gasteiger partial charge >= 0.3 is 0 Å². The van der Waals surface area contributed by atoms with E-state index in [1.54, 1.807) is 12.1 Å². The van der Waals surface area contributed by atoms with Crippen molar-refractivity contribution in [2.24, 2.45) is 0 Å². The Kier molecular flexibility index (Phi) is 6.08. The molecule has 1 atom stereocenters. The van der Waals surface area contributed by atoms with Crippen LogP contribution in [0.15, 0.2) is 30.5 Å². The van der Waals surface area contributed by atoms with Gasteiger partial charge in [-0.05, 0) is 43.7 Å². The summed E-state index contributed by atoms with van der Waals surface area (Å²) in [5.41, 5.74) is 1.79. The van der Waals surface area contributed by atoms with Crippen LogP contribution in [0.3, 0.4) is 0 Å². The molecule has 1 aromatic carbocycles. The highest BCUT2D eigenvalue weighted by molar-refractivity contribution is 5.92. The molecule has 0 saturated carbocycles. The second kappa shape index (κ2) is 8.49. The predicted octanol–water partition coefficient (Wildman–Crippen LogP) is 2.22. The molecule has 3 N–H and O–H groups in total. The number of fused-ring (bicyclic) bond motifs is 1. The largest absolute Gasteiger partial charge is 0.350 e. The summed E-state index contributed by atoms with van der Waals surface area (Å²) < 4.78 is 15.1. The minimum absolute atomic E-state index is 0. The third-order valence-electron chi connectivity index (χ3n) is 4.63. The minimum Gasteiger partial charge on any atom is -0.350 e. The molecule has 1 aliphatic heterocycles. The van der Waals surface area contributed by atoms with E-state index in [0.29, 0.717) is 41.6 Å². The van der Waals surface area contributed by atoms with E-state index in [1.165, 1.54) is 12.1 Å². The first-order chi connectivity index (χ1) is 12.7. The van der Waals surface area contributed by atoms with Gasteiger partial charge < -0.3 is 15.6 Å². The Balaban J connectivity index is 0.00000210. The highest BCUT2D eigenvalue weighted by atomic mass is 35.5. The fourth-order valence-corrected chi connectivity index (χ4v) is 3.26. The van der Waals surface area contributed by atoms with Gasteiger partial charge in [0.1, 0.15) is 17.3 Å². The predicted molar refractivity (Wildman–Crippen MR) is 103 cm³/mol. The lowest BCUT2D eigenvalue weighted by atomic mass is 10.1. The molecule has 27 heavy (non-hydrogen) atoms. The van der Waals surface area contributed by atoms with Crippen LogP contribution in [0.5, 0.6) is 0 Å². The fourth-order valence-electron chi connectivity index (χ4n) is 3.26. The van der Waals surface area contributed by atoms with E-state index in [4.69, 9.17) is 0 Å². The Morgan fingerprint density at radius 1 is 1.37 bits per heavy atom. The number of carbonyl (C=O) groups is 1. The molecular formula is C18H22ClFN6O. The van der Waals surface area contributed by atoms with Gasteiger partial charge in [-0.25, -0.2) is 9.37 Å². The second-order valence-corrected chi connectivity index (χ2v) is 6.53. The van der Waals surface area contributed by atoms with E-state index in [9.17, 15) is 9.18 Å². The highest BCUT2D eigenvalue weighted by Gasteiger charge is 2.17. The zero-order valence-electron chi connectivity index (χ0n) is 14.7. The summed E-state index contributed by atoms with van der Waals surface area (Å²) >= 11 is 0. The molecule has 0 radical (unpaired) electrons. The number of hydrogen-bond donors (Lipinski definition) is 3. The minimum atomic E-state index is -0.301. The van der Waals surface area contributed by atoms with Crippen molar-refractivity contribution in [2.75, 3.05) is 19.6 Å². The van der Waals surface area contributed by atoms with E-state index in [2.05, 4.69) is 25.7 Å². The van der Waals surface area contributed by atoms with Crippen LogP contribution in [-0.4, -0.2) is 45.3 Å². The number of halogens is 2. The summed E-state index contributed by atoms with van der Waals surface area (Å²) in [4.78, 5) is 19.7. The van der Waals surface area contributed by atoms with Gasteiger partial charge in [-0.1, -0.05) is 0 Å². The van der Waals surface area contributed by atoms with Crippen molar-refractivity contribution in [1.29, 1.82) is 0 Å². The number of aromatic amines is 1. The molecule has 0 bridgehead atoms. The average Bonchev–Trinajstić information content (AvgIpc) is 3.29. The molecule has 9 heteroatoms. The molecule has 4 rings (SSSR count). The van der Waals surface area contributed by atoms with Crippen LogP contribution in [0.25, 0.3) is 11.0 Å². The number of H-pyrrole nitrogens is 1. The number of benzene rings is 1. The zero-order chi connectivity index (χ0) is 17.9. The van der Waals surface area contributed by atoms with Crippen molar-refractivity contribution < 1.29 is 9.18 Å². The zero-order valence-corrected chi connectivity index (χ0v) is 15.6. The SMILES string of the molecule is Cl.O=C(NCCc1nc2ccc(F)cc2[nH]1)c1ccn(C2CCCNC2)n1. The van der Waals surface area contributed by atoms with Gasteiger partial charge in [0.2, 0.25) is 0 Å². The Hall–Kier alpha value is -2.45. The number of piperidine rings is 1. The molecule has 1 amide bonds. The van der Waals surface area contributed by atoms with Gasteiger partial charge in [0.25, 0.3) is 5.91 Å². The van der Waals surface area contributed by atoms with Crippen molar-refractivity contribution in [3.8, 4) is 0 Å². The van der Waals surface area contributed by atoms with Crippen LogP contribution < -0.4 is 10.6 Å². The summed E-state index contributed by atoms with van der Waals surface area (Å²) in [6.07, 6.45) is 4.59. The van der Waals surface area contributed by atoms with Crippen molar-refractivity contribution in [3.05, 3.63) is 47.8 Å². The maximum atomic E-state index is 13.2. The maximum absolute atomic E-state index is 13.2. The summed E-state index contributed by atoms with van der Waals surface area (Å²) in [5, 5.41) is 10.6. The first kappa shape index (κ1) is 19.3. The Morgan fingerprint density at radius 3 is 3.07 bits per heavy atom. The molecule has 0 aliphatic carbocycles. The quantitative estimate of drug-likeness (QED) is 0.621. The topological polar surface area (TPSA) is 87.6 Å². The van der Waals surface area contributed by atoms with Crippen molar-refractivity contribution in [3.63, 3.8) is 0 Å². The van der Waals surface area contributed by atoms with Crippen molar-refractivity contribution in [2.45, 2.75) is 25.3 Å². The number of aromatic nitrogens is 4. The second-order valence-electron chi connectivity index (χ2n) is 6.53. The molecule has 1 fully saturated rings.